The molecule has 3 aromatic rings. The number of anilines is 1. The van der Waals surface area contributed by atoms with E-state index < -0.39 is 0 Å². The first-order valence-electron chi connectivity index (χ1n) is 8.06. The molecule has 24 heavy (non-hydrogen) atoms. The lowest BCUT2D eigenvalue weighted by Gasteiger charge is -2.16. The quantitative estimate of drug-likeness (QED) is 0.682. The molecule has 1 atom stereocenters. The van der Waals surface area contributed by atoms with Gasteiger partial charge >= 0.3 is 0 Å². The van der Waals surface area contributed by atoms with E-state index in [1.807, 2.05) is 18.2 Å². The Morgan fingerprint density at radius 1 is 1.08 bits per heavy atom. The Morgan fingerprint density at radius 3 is 2.54 bits per heavy atom. The van der Waals surface area contributed by atoms with Crippen LogP contribution in [0.1, 0.15) is 36.3 Å². The van der Waals surface area contributed by atoms with Gasteiger partial charge in [-0.2, -0.15) is 0 Å². The van der Waals surface area contributed by atoms with Crippen LogP contribution in [-0.4, -0.2) is 10.2 Å². The maximum absolute atomic E-state index is 13.2. The first-order chi connectivity index (χ1) is 11.6. The molecule has 0 aliphatic carbocycles. The van der Waals surface area contributed by atoms with Crippen molar-refractivity contribution in [3.05, 3.63) is 64.9 Å². The molecular weight excluding hydrogens is 321 g/mol. The van der Waals surface area contributed by atoms with Crippen LogP contribution < -0.4 is 5.73 Å². The molecule has 1 heterocycles. The molecular formula is C19H20FN3S. The predicted octanol–water partition coefficient (Wildman–Crippen LogP) is 5.05. The summed E-state index contributed by atoms with van der Waals surface area (Å²) in [6, 6.07) is 15.0. The molecule has 0 saturated carbocycles. The Bertz CT molecular complexity index is 798. The summed E-state index contributed by atoms with van der Waals surface area (Å²) in [4.78, 5) is 0. The molecule has 0 aliphatic heterocycles. The zero-order valence-corrected chi connectivity index (χ0v) is 14.4. The zero-order chi connectivity index (χ0) is 16.9. The van der Waals surface area contributed by atoms with E-state index in [0.29, 0.717) is 11.0 Å². The van der Waals surface area contributed by atoms with Crippen molar-refractivity contribution in [2.24, 2.45) is 0 Å². The van der Waals surface area contributed by atoms with Crippen molar-refractivity contribution in [2.75, 3.05) is 5.73 Å². The molecule has 124 valence electrons. The van der Waals surface area contributed by atoms with E-state index in [4.69, 9.17) is 5.73 Å². The van der Waals surface area contributed by atoms with E-state index in [-0.39, 0.29) is 5.82 Å². The minimum absolute atomic E-state index is 0.208. The van der Waals surface area contributed by atoms with Crippen LogP contribution in [0, 0.1) is 5.82 Å². The molecule has 0 spiro atoms. The van der Waals surface area contributed by atoms with E-state index >= 15 is 0 Å². The summed E-state index contributed by atoms with van der Waals surface area (Å²) in [6.45, 7) is 2.23. The van der Waals surface area contributed by atoms with Gasteiger partial charge in [-0.3, -0.25) is 0 Å². The van der Waals surface area contributed by atoms with Gasteiger partial charge in [-0.25, -0.2) is 4.39 Å². The third-order valence-electron chi connectivity index (χ3n) is 4.16. The Kier molecular flexibility index (Phi) is 5.20. The van der Waals surface area contributed by atoms with Crippen LogP contribution in [0.25, 0.3) is 11.1 Å². The molecule has 5 heteroatoms. The lowest BCUT2D eigenvalue weighted by atomic mass is 9.88. The van der Waals surface area contributed by atoms with Crippen molar-refractivity contribution >= 4 is 16.5 Å². The van der Waals surface area contributed by atoms with Gasteiger partial charge in [-0.15, -0.1) is 10.2 Å². The van der Waals surface area contributed by atoms with Crippen molar-refractivity contribution in [3.63, 3.8) is 0 Å². The monoisotopic (exact) mass is 341 g/mol. The number of nitrogens with zero attached hydrogens (tertiary/aromatic N) is 2. The van der Waals surface area contributed by atoms with Gasteiger partial charge in [0.25, 0.3) is 0 Å². The van der Waals surface area contributed by atoms with E-state index in [0.717, 1.165) is 29.8 Å². The molecule has 0 radical (unpaired) electrons. The Balaban J connectivity index is 1.70. The van der Waals surface area contributed by atoms with Gasteiger partial charge in [0.2, 0.25) is 5.13 Å². The number of halogens is 1. The number of nitrogen functional groups attached to an aromatic ring is 1. The minimum atomic E-state index is -0.208. The number of aryl methyl sites for hydroxylation is 1. The van der Waals surface area contributed by atoms with Gasteiger partial charge < -0.3 is 5.73 Å². The van der Waals surface area contributed by atoms with Crippen LogP contribution in [0.4, 0.5) is 9.52 Å². The molecule has 0 saturated heterocycles. The Labute approximate surface area is 145 Å². The van der Waals surface area contributed by atoms with Crippen molar-refractivity contribution in [1.29, 1.82) is 0 Å². The van der Waals surface area contributed by atoms with E-state index in [1.165, 1.54) is 34.6 Å². The molecule has 3 nitrogen and oxygen atoms in total. The van der Waals surface area contributed by atoms with Crippen LogP contribution in [-0.2, 0) is 6.42 Å². The van der Waals surface area contributed by atoms with Crippen LogP contribution in [0.3, 0.4) is 0 Å². The third kappa shape index (κ3) is 3.97. The maximum atomic E-state index is 13.2. The average Bonchev–Trinajstić information content (AvgIpc) is 3.01. The smallest absolute Gasteiger partial charge is 0.203 e. The summed E-state index contributed by atoms with van der Waals surface area (Å²) >= 11 is 1.46. The standard InChI is InChI=1S/C19H20FN3S/c1-13(5-4-8-18-22-23-19(21)24-18)16-6-2-3-7-17(16)14-9-11-15(20)12-10-14/h2-3,6-7,9-13H,4-5,8H2,1H3,(H2,21,23). The number of benzene rings is 2. The summed E-state index contributed by atoms with van der Waals surface area (Å²) in [5.74, 6) is 0.206. The van der Waals surface area contributed by atoms with E-state index in [1.54, 1.807) is 0 Å². The number of nitrogens with two attached hydrogens (primary N) is 1. The highest BCUT2D eigenvalue weighted by Gasteiger charge is 2.12. The van der Waals surface area contributed by atoms with Gasteiger partial charge in [-0.05, 0) is 47.6 Å². The Morgan fingerprint density at radius 2 is 1.83 bits per heavy atom. The van der Waals surface area contributed by atoms with Crippen LogP contribution >= 0.6 is 11.3 Å². The second-order valence-corrected chi connectivity index (χ2v) is 7.02. The molecule has 3 rings (SSSR count). The molecule has 2 N–H and O–H groups in total. The van der Waals surface area contributed by atoms with E-state index in [2.05, 4.69) is 35.3 Å². The molecule has 2 aromatic carbocycles. The third-order valence-corrected chi connectivity index (χ3v) is 4.97. The van der Waals surface area contributed by atoms with Gasteiger partial charge in [0.1, 0.15) is 10.8 Å². The van der Waals surface area contributed by atoms with Crippen molar-refractivity contribution in [1.82, 2.24) is 10.2 Å². The predicted molar refractivity (Wildman–Crippen MR) is 97.5 cm³/mol. The molecule has 0 fully saturated rings. The second-order valence-electron chi connectivity index (χ2n) is 5.92. The second kappa shape index (κ2) is 7.53. The van der Waals surface area contributed by atoms with Crippen molar-refractivity contribution < 1.29 is 4.39 Å². The molecule has 0 amide bonds. The summed E-state index contributed by atoms with van der Waals surface area (Å²) in [7, 11) is 0. The summed E-state index contributed by atoms with van der Waals surface area (Å²) in [5, 5.41) is 9.44. The van der Waals surface area contributed by atoms with Crippen molar-refractivity contribution in [2.45, 2.75) is 32.1 Å². The normalized spacial score (nSPS) is 12.2. The summed E-state index contributed by atoms with van der Waals surface area (Å²) < 4.78 is 13.2. The highest BCUT2D eigenvalue weighted by Crippen LogP contribution is 2.32. The van der Waals surface area contributed by atoms with Gasteiger partial charge in [0, 0.05) is 6.42 Å². The van der Waals surface area contributed by atoms with Gasteiger partial charge in [0.15, 0.2) is 0 Å². The van der Waals surface area contributed by atoms with Crippen LogP contribution in [0.5, 0.6) is 0 Å². The molecule has 0 bridgehead atoms. The summed E-state index contributed by atoms with van der Waals surface area (Å²) in [6.07, 6.45) is 2.99. The van der Waals surface area contributed by atoms with Crippen LogP contribution in [0.2, 0.25) is 0 Å². The van der Waals surface area contributed by atoms with Gasteiger partial charge in [-0.1, -0.05) is 54.7 Å². The number of rotatable bonds is 6. The van der Waals surface area contributed by atoms with Crippen molar-refractivity contribution in [3.8, 4) is 11.1 Å². The largest absolute Gasteiger partial charge is 0.374 e. The molecule has 1 aromatic heterocycles. The van der Waals surface area contributed by atoms with Crippen LogP contribution in [0.15, 0.2) is 48.5 Å². The lowest BCUT2D eigenvalue weighted by Crippen LogP contribution is -1.98. The fourth-order valence-corrected chi connectivity index (χ4v) is 3.55. The number of aromatic nitrogens is 2. The first kappa shape index (κ1) is 16.6. The fraction of sp³-hybridized carbons (Fsp3) is 0.263. The highest BCUT2D eigenvalue weighted by molar-refractivity contribution is 7.15. The minimum Gasteiger partial charge on any atom is -0.374 e. The zero-order valence-electron chi connectivity index (χ0n) is 13.6. The van der Waals surface area contributed by atoms with Gasteiger partial charge in [0.05, 0.1) is 0 Å². The molecule has 0 aliphatic rings. The fourth-order valence-electron chi connectivity index (χ4n) is 2.90. The SMILES string of the molecule is CC(CCCc1nnc(N)s1)c1ccccc1-c1ccc(F)cc1. The maximum Gasteiger partial charge on any atom is 0.203 e. The Hall–Kier alpha value is -2.27. The number of hydrogen-bond donors (Lipinski definition) is 1. The lowest BCUT2D eigenvalue weighted by molar-refractivity contribution is 0.627. The highest BCUT2D eigenvalue weighted by atomic mass is 32.1. The molecule has 1 unspecified atom stereocenters. The number of hydrogen-bond acceptors (Lipinski definition) is 4. The summed E-state index contributed by atoms with van der Waals surface area (Å²) in [5.41, 5.74) is 9.13. The topological polar surface area (TPSA) is 51.8 Å². The van der Waals surface area contributed by atoms with E-state index in [9.17, 15) is 4.39 Å². The average molecular weight is 341 g/mol. The first-order valence-corrected chi connectivity index (χ1v) is 8.88.